The molecule has 1 aliphatic carbocycles. The molecule has 0 saturated carbocycles. The Morgan fingerprint density at radius 3 is 2.55 bits per heavy atom. The fourth-order valence-electron chi connectivity index (χ4n) is 4.53. The van der Waals surface area contributed by atoms with Gasteiger partial charge in [-0.2, -0.15) is 4.57 Å². The fraction of sp³-hybridized carbons (Fsp3) is 0.526. The molecule has 3 unspecified atom stereocenters. The van der Waals surface area contributed by atoms with Crippen LogP contribution in [0.1, 0.15) is 52.7 Å². The van der Waals surface area contributed by atoms with E-state index < -0.39 is 5.83 Å². The minimum atomic E-state index is -0.411. The van der Waals surface area contributed by atoms with Crippen LogP contribution in [0.4, 0.5) is 8.78 Å². The van der Waals surface area contributed by atoms with Crippen LogP contribution < -0.4 is 4.57 Å². The lowest BCUT2D eigenvalue weighted by Gasteiger charge is -2.51. The van der Waals surface area contributed by atoms with Crippen molar-refractivity contribution in [3.05, 3.63) is 47.8 Å². The Kier molecular flexibility index (Phi) is 3.50. The smallest absolute Gasteiger partial charge is 0.212 e. The molecule has 0 saturated heterocycles. The van der Waals surface area contributed by atoms with Crippen LogP contribution in [-0.4, -0.2) is 0 Å². The van der Waals surface area contributed by atoms with Crippen molar-refractivity contribution in [1.29, 1.82) is 0 Å². The van der Waals surface area contributed by atoms with Crippen LogP contribution in [0.25, 0.3) is 5.57 Å². The molecule has 2 aliphatic rings. The van der Waals surface area contributed by atoms with Crippen LogP contribution >= 0.6 is 0 Å². The van der Waals surface area contributed by atoms with Gasteiger partial charge in [-0.1, -0.05) is 20.8 Å². The second-order valence-corrected chi connectivity index (χ2v) is 6.96. The summed E-state index contributed by atoms with van der Waals surface area (Å²) >= 11 is 0. The number of fused-ring (bicyclic) bond motifs is 3. The summed E-state index contributed by atoms with van der Waals surface area (Å²) in [5, 5.41) is 0. The Hall–Kier alpha value is -1.51. The average Bonchev–Trinajstić information content (AvgIpc) is 2.51. The summed E-state index contributed by atoms with van der Waals surface area (Å²) in [5.41, 5.74) is 1.21. The summed E-state index contributed by atoms with van der Waals surface area (Å²) < 4.78 is 30.8. The molecule has 0 aromatic carbocycles. The topological polar surface area (TPSA) is 3.88 Å². The first-order chi connectivity index (χ1) is 10.4. The van der Waals surface area contributed by atoms with Crippen molar-refractivity contribution in [1.82, 2.24) is 0 Å². The maximum absolute atomic E-state index is 14.6. The predicted molar refractivity (Wildman–Crippen MR) is 84.3 cm³/mol. The van der Waals surface area contributed by atoms with E-state index in [4.69, 9.17) is 0 Å². The second kappa shape index (κ2) is 5.00. The van der Waals surface area contributed by atoms with Gasteiger partial charge < -0.3 is 0 Å². The molecule has 0 amide bonds. The Balaban J connectivity index is 2.38. The van der Waals surface area contributed by atoms with Crippen LogP contribution in [0.2, 0.25) is 0 Å². The van der Waals surface area contributed by atoms with Crippen molar-refractivity contribution in [2.75, 3.05) is 0 Å². The van der Waals surface area contributed by atoms with Crippen LogP contribution in [0, 0.1) is 11.3 Å². The molecule has 2 heterocycles. The van der Waals surface area contributed by atoms with Crippen molar-refractivity contribution in [2.24, 2.45) is 11.3 Å². The molecule has 3 atom stereocenters. The van der Waals surface area contributed by atoms with E-state index in [9.17, 15) is 8.78 Å². The molecule has 3 rings (SSSR count). The van der Waals surface area contributed by atoms with E-state index in [1.165, 1.54) is 0 Å². The lowest BCUT2D eigenvalue weighted by atomic mass is 9.55. The molecule has 1 nitrogen and oxygen atoms in total. The third kappa shape index (κ3) is 1.77. The van der Waals surface area contributed by atoms with E-state index in [0.29, 0.717) is 12.0 Å². The first-order valence-corrected chi connectivity index (χ1v) is 8.16. The molecule has 1 aliphatic heterocycles. The Labute approximate surface area is 131 Å². The number of aromatic nitrogens is 1. The highest BCUT2D eigenvalue weighted by Crippen LogP contribution is 2.57. The second-order valence-electron chi connectivity index (χ2n) is 6.96. The fourth-order valence-corrected chi connectivity index (χ4v) is 4.53. The first-order valence-electron chi connectivity index (χ1n) is 8.16. The number of rotatable bonds is 2. The number of pyridine rings is 1. The standard InChI is InChI=1S/C19H24F2N/c1-5-18(3)14-11-13(20)12-15(21)17(14)16-9-7-8-10-22(16)19(18,4)6-2/h7-10,12,14H,5-6,11H2,1-4H3/q+1. The van der Waals surface area contributed by atoms with E-state index in [1.807, 2.05) is 24.4 Å². The molecule has 118 valence electrons. The molecular formula is C19H24F2N+. The Morgan fingerprint density at radius 1 is 1.18 bits per heavy atom. The van der Waals surface area contributed by atoms with E-state index in [0.717, 1.165) is 24.6 Å². The third-order valence-corrected chi connectivity index (χ3v) is 6.38. The van der Waals surface area contributed by atoms with E-state index in [-0.39, 0.29) is 22.7 Å². The van der Waals surface area contributed by atoms with Crippen LogP contribution in [0.5, 0.6) is 0 Å². The molecule has 1 aromatic rings. The number of allylic oxidation sites excluding steroid dienone is 4. The molecule has 0 N–H and O–H groups in total. The molecule has 1 aromatic heterocycles. The van der Waals surface area contributed by atoms with Crippen LogP contribution in [0.15, 0.2) is 42.1 Å². The largest absolute Gasteiger partial charge is 0.212 e. The maximum atomic E-state index is 14.6. The van der Waals surface area contributed by atoms with Gasteiger partial charge in [-0.25, -0.2) is 8.78 Å². The van der Waals surface area contributed by atoms with Gasteiger partial charge in [-0.05, 0) is 12.5 Å². The van der Waals surface area contributed by atoms with E-state index in [2.05, 4.69) is 32.3 Å². The van der Waals surface area contributed by atoms with E-state index >= 15 is 0 Å². The quantitative estimate of drug-likeness (QED) is 0.671. The number of hydrogen-bond acceptors (Lipinski definition) is 0. The third-order valence-electron chi connectivity index (χ3n) is 6.38. The van der Waals surface area contributed by atoms with Gasteiger partial charge in [0.25, 0.3) is 0 Å². The summed E-state index contributed by atoms with van der Waals surface area (Å²) in [6.07, 6.45) is 5.21. The molecule has 0 fully saturated rings. The molecule has 3 heteroatoms. The lowest BCUT2D eigenvalue weighted by Crippen LogP contribution is -2.69. The minimum Gasteiger partial charge on any atom is -0.212 e. The molecule has 22 heavy (non-hydrogen) atoms. The van der Waals surface area contributed by atoms with Crippen LogP contribution in [-0.2, 0) is 5.54 Å². The SMILES string of the molecule is CCC1(C)C2CC(F)=CC(F)=C2c2cccc[n+]2C1(C)CC. The van der Waals surface area contributed by atoms with Gasteiger partial charge >= 0.3 is 0 Å². The highest BCUT2D eigenvalue weighted by molar-refractivity contribution is 5.70. The van der Waals surface area contributed by atoms with Gasteiger partial charge in [0, 0.05) is 49.3 Å². The molecular weight excluding hydrogens is 280 g/mol. The monoisotopic (exact) mass is 304 g/mol. The van der Waals surface area contributed by atoms with Crippen molar-refractivity contribution in [3.63, 3.8) is 0 Å². The highest BCUT2D eigenvalue weighted by atomic mass is 19.1. The van der Waals surface area contributed by atoms with Gasteiger partial charge in [-0.15, -0.1) is 0 Å². The summed E-state index contributed by atoms with van der Waals surface area (Å²) in [4.78, 5) is 0. The summed E-state index contributed by atoms with van der Waals surface area (Å²) in [7, 11) is 0. The van der Waals surface area contributed by atoms with Gasteiger partial charge in [0.1, 0.15) is 11.7 Å². The molecule has 0 spiro atoms. The van der Waals surface area contributed by atoms with Crippen molar-refractivity contribution >= 4 is 5.57 Å². The van der Waals surface area contributed by atoms with Gasteiger partial charge in [-0.3, -0.25) is 0 Å². The number of halogens is 2. The van der Waals surface area contributed by atoms with Crippen molar-refractivity contribution in [2.45, 2.75) is 52.5 Å². The van der Waals surface area contributed by atoms with Crippen molar-refractivity contribution in [3.8, 4) is 0 Å². The van der Waals surface area contributed by atoms with Gasteiger partial charge in [0.15, 0.2) is 11.7 Å². The Bertz CT molecular complexity index is 676. The molecule has 0 bridgehead atoms. The van der Waals surface area contributed by atoms with Gasteiger partial charge in [0.05, 0.1) is 5.57 Å². The highest BCUT2D eigenvalue weighted by Gasteiger charge is 2.61. The lowest BCUT2D eigenvalue weighted by molar-refractivity contribution is -0.785. The zero-order chi connectivity index (χ0) is 16.1. The predicted octanol–water partition coefficient (Wildman–Crippen LogP) is 5.08. The minimum absolute atomic E-state index is 0.116. The number of hydrogen-bond donors (Lipinski definition) is 0. The zero-order valence-corrected chi connectivity index (χ0v) is 13.8. The summed E-state index contributed by atoms with van der Waals surface area (Å²) in [6.45, 7) is 8.72. The zero-order valence-electron chi connectivity index (χ0n) is 13.8. The van der Waals surface area contributed by atoms with Gasteiger partial charge in [0.2, 0.25) is 5.69 Å². The molecule has 0 radical (unpaired) electrons. The first kappa shape index (κ1) is 15.4. The maximum Gasteiger partial charge on any atom is 0.212 e. The summed E-state index contributed by atoms with van der Waals surface area (Å²) in [6, 6.07) is 5.89. The van der Waals surface area contributed by atoms with Crippen molar-refractivity contribution < 1.29 is 13.3 Å². The van der Waals surface area contributed by atoms with E-state index in [1.54, 1.807) is 0 Å². The van der Waals surface area contributed by atoms with Crippen LogP contribution in [0.3, 0.4) is 0 Å². The Morgan fingerprint density at radius 2 is 1.91 bits per heavy atom. The normalized spacial score (nSPS) is 34.1. The average molecular weight is 304 g/mol. The number of nitrogens with zero attached hydrogens (tertiary/aromatic N) is 1. The summed E-state index contributed by atoms with van der Waals surface area (Å²) in [5.74, 6) is -0.866.